The maximum atomic E-state index is 13.0. The molecule has 9 heteroatoms. The maximum Gasteiger partial charge on any atom is 0.293 e. The number of non-ortho nitro benzene ring substituents is 1. The Morgan fingerprint density at radius 2 is 1.97 bits per heavy atom. The lowest BCUT2D eigenvalue weighted by molar-refractivity contribution is -0.384. The predicted molar refractivity (Wildman–Crippen MR) is 110 cm³/mol. The van der Waals surface area contributed by atoms with E-state index in [4.69, 9.17) is 4.42 Å². The first-order valence-electron chi connectivity index (χ1n) is 8.83. The van der Waals surface area contributed by atoms with Crippen LogP contribution in [0, 0.1) is 15.9 Å². The van der Waals surface area contributed by atoms with E-state index in [2.05, 4.69) is 10.3 Å². The molecule has 0 saturated heterocycles. The first kappa shape index (κ1) is 19.5. The number of amides is 1. The van der Waals surface area contributed by atoms with Crippen LogP contribution in [0.4, 0.5) is 15.2 Å². The molecule has 0 bridgehead atoms. The van der Waals surface area contributed by atoms with E-state index in [1.807, 2.05) is 0 Å². The van der Waals surface area contributed by atoms with Gasteiger partial charge in [-0.15, -0.1) is 11.3 Å². The summed E-state index contributed by atoms with van der Waals surface area (Å²) in [5.41, 5.74) is 1.37. The Morgan fingerprint density at radius 3 is 2.73 bits per heavy atom. The number of hydrogen-bond donors (Lipinski definition) is 1. The normalized spacial score (nSPS) is 10.7. The minimum atomic E-state index is -0.494. The van der Waals surface area contributed by atoms with Gasteiger partial charge < -0.3 is 4.42 Å². The summed E-state index contributed by atoms with van der Waals surface area (Å²) >= 11 is 1.31. The molecule has 30 heavy (non-hydrogen) atoms. The van der Waals surface area contributed by atoms with Crippen molar-refractivity contribution in [3.8, 4) is 11.3 Å². The lowest BCUT2D eigenvalue weighted by Gasteiger charge is -2.00. The van der Waals surface area contributed by atoms with Crippen LogP contribution in [0.25, 0.3) is 11.3 Å². The fourth-order valence-electron chi connectivity index (χ4n) is 2.80. The number of aromatic nitrogens is 1. The van der Waals surface area contributed by atoms with Gasteiger partial charge in [-0.25, -0.2) is 9.37 Å². The third-order valence-corrected chi connectivity index (χ3v) is 5.15. The Kier molecular flexibility index (Phi) is 5.36. The number of nitro benzene ring substituents is 1. The number of furan rings is 1. The average molecular weight is 423 g/mol. The molecular formula is C21H14FN3O4S. The number of thiazole rings is 1. The monoisotopic (exact) mass is 423 g/mol. The molecule has 4 rings (SSSR count). The van der Waals surface area contributed by atoms with Gasteiger partial charge in [-0.05, 0) is 29.8 Å². The summed E-state index contributed by atoms with van der Waals surface area (Å²) in [5, 5.41) is 14.0. The molecule has 4 aromatic rings. The van der Waals surface area contributed by atoms with Crippen LogP contribution >= 0.6 is 11.3 Å². The molecular weight excluding hydrogens is 409 g/mol. The fourth-order valence-corrected chi connectivity index (χ4v) is 3.64. The van der Waals surface area contributed by atoms with E-state index in [1.165, 1.54) is 41.7 Å². The number of halogens is 1. The van der Waals surface area contributed by atoms with Crippen molar-refractivity contribution in [3.63, 3.8) is 0 Å². The minimum absolute atomic E-state index is 0.0618. The molecule has 0 aliphatic carbocycles. The van der Waals surface area contributed by atoms with Gasteiger partial charge in [-0.1, -0.05) is 24.3 Å². The van der Waals surface area contributed by atoms with Crippen LogP contribution in [0.2, 0.25) is 0 Å². The van der Waals surface area contributed by atoms with Gasteiger partial charge >= 0.3 is 0 Å². The van der Waals surface area contributed by atoms with Crippen LogP contribution in [0.15, 0.2) is 71.3 Å². The molecule has 0 aliphatic rings. The number of benzene rings is 2. The highest BCUT2D eigenvalue weighted by molar-refractivity contribution is 7.15. The van der Waals surface area contributed by atoms with Gasteiger partial charge in [0.15, 0.2) is 10.9 Å². The molecule has 0 radical (unpaired) electrons. The van der Waals surface area contributed by atoms with E-state index >= 15 is 0 Å². The van der Waals surface area contributed by atoms with Crippen molar-refractivity contribution in [3.05, 3.63) is 99.0 Å². The maximum absolute atomic E-state index is 13.0. The van der Waals surface area contributed by atoms with E-state index < -0.39 is 10.8 Å². The summed E-state index contributed by atoms with van der Waals surface area (Å²) in [5.74, 6) is -0.361. The topological polar surface area (TPSA) is 98.3 Å². The van der Waals surface area contributed by atoms with E-state index in [9.17, 15) is 19.3 Å². The van der Waals surface area contributed by atoms with E-state index in [-0.39, 0.29) is 17.3 Å². The number of carbonyl (C=O) groups is 1. The SMILES string of the molecule is O=C(Nc1ncc(Cc2ccc(F)cc2)s1)c1ccc(-c2cccc([N+](=O)[O-])c2)o1. The second-order valence-corrected chi connectivity index (χ2v) is 7.48. The number of nitrogens with zero attached hydrogens (tertiary/aromatic N) is 2. The van der Waals surface area contributed by atoms with Crippen molar-refractivity contribution < 1.29 is 18.5 Å². The highest BCUT2D eigenvalue weighted by Crippen LogP contribution is 2.27. The summed E-state index contributed by atoms with van der Waals surface area (Å²) in [7, 11) is 0. The Bertz CT molecular complexity index is 1220. The number of nitrogens with one attached hydrogen (secondary N) is 1. The number of nitro groups is 1. The third-order valence-electron chi connectivity index (χ3n) is 4.24. The number of rotatable bonds is 6. The molecule has 1 amide bonds. The molecule has 0 aliphatic heterocycles. The lowest BCUT2D eigenvalue weighted by Crippen LogP contribution is -2.10. The molecule has 0 fully saturated rings. The number of carbonyl (C=O) groups excluding carboxylic acids is 1. The summed E-state index contributed by atoms with van der Waals surface area (Å²) < 4.78 is 18.6. The largest absolute Gasteiger partial charge is 0.451 e. The van der Waals surface area contributed by atoms with Crippen LogP contribution in [0.5, 0.6) is 0 Å². The zero-order chi connectivity index (χ0) is 21.1. The molecule has 0 spiro atoms. The predicted octanol–water partition coefficient (Wildman–Crippen LogP) is 5.29. The van der Waals surface area contributed by atoms with Crippen molar-refractivity contribution in [2.75, 3.05) is 5.32 Å². The van der Waals surface area contributed by atoms with Gasteiger partial charge in [0.2, 0.25) is 0 Å². The van der Waals surface area contributed by atoms with Gasteiger partial charge in [-0.3, -0.25) is 20.2 Å². The Morgan fingerprint density at radius 1 is 1.17 bits per heavy atom. The zero-order valence-corrected chi connectivity index (χ0v) is 16.2. The van der Waals surface area contributed by atoms with Crippen molar-refractivity contribution in [1.29, 1.82) is 0 Å². The van der Waals surface area contributed by atoms with Crippen LogP contribution < -0.4 is 5.32 Å². The standard InChI is InChI=1S/C21H14FN3O4S/c22-15-6-4-13(5-7-15)10-17-12-23-21(30-17)24-20(26)19-9-8-18(29-19)14-2-1-3-16(11-14)25(27)28/h1-9,11-12H,10H2,(H,23,24,26). The van der Waals surface area contributed by atoms with Gasteiger partial charge in [-0.2, -0.15) is 0 Å². The van der Waals surface area contributed by atoms with Crippen LogP contribution in [0.1, 0.15) is 21.0 Å². The molecule has 0 atom stereocenters. The molecule has 150 valence electrons. The highest BCUT2D eigenvalue weighted by Gasteiger charge is 2.16. The molecule has 0 unspecified atom stereocenters. The molecule has 2 aromatic heterocycles. The second-order valence-electron chi connectivity index (χ2n) is 6.36. The third kappa shape index (κ3) is 4.41. The van der Waals surface area contributed by atoms with Crippen LogP contribution in [0.3, 0.4) is 0 Å². The number of hydrogen-bond acceptors (Lipinski definition) is 6. The second kappa shape index (κ2) is 8.26. The lowest BCUT2D eigenvalue weighted by atomic mass is 10.1. The van der Waals surface area contributed by atoms with Crippen LogP contribution in [-0.2, 0) is 6.42 Å². The molecule has 1 N–H and O–H groups in total. The van der Waals surface area contributed by atoms with Crippen LogP contribution in [-0.4, -0.2) is 15.8 Å². The molecule has 2 aromatic carbocycles. The van der Waals surface area contributed by atoms with Crippen molar-refractivity contribution in [1.82, 2.24) is 4.98 Å². The number of anilines is 1. The molecule has 7 nitrogen and oxygen atoms in total. The Balaban J connectivity index is 1.44. The zero-order valence-electron chi connectivity index (χ0n) is 15.4. The quantitative estimate of drug-likeness (QED) is 0.335. The summed E-state index contributed by atoms with van der Waals surface area (Å²) in [4.78, 5) is 28.0. The summed E-state index contributed by atoms with van der Waals surface area (Å²) in [6.07, 6.45) is 2.23. The van der Waals surface area contributed by atoms with E-state index in [1.54, 1.807) is 36.5 Å². The molecule has 0 saturated carbocycles. The summed E-state index contributed by atoms with van der Waals surface area (Å²) in [6.45, 7) is 0. The highest BCUT2D eigenvalue weighted by atomic mass is 32.1. The minimum Gasteiger partial charge on any atom is -0.451 e. The van der Waals surface area contributed by atoms with Crippen molar-refractivity contribution >= 4 is 28.1 Å². The first-order chi connectivity index (χ1) is 14.5. The Hall–Kier alpha value is -3.85. The smallest absolute Gasteiger partial charge is 0.293 e. The van der Waals surface area contributed by atoms with Gasteiger partial charge in [0, 0.05) is 35.2 Å². The summed E-state index contributed by atoms with van der Waals surface area (Å²) in [6, 6.07) is 15.2. The molecule has 2 heterocycles. The average Bonchev–Trinajstić information content (AvgIpc) is 3.40. The van der Waals surface area contributed by atoms with Gasteiger partial charge in [0.1, 0.15) is 11.6 Å². The fraction of sp³-hybridized carbons (Fsp3) is 0.0476. The van der Waals surface area contributed by atoms with Gasteiger partial charge in [0.25, 0.3) is 11.6 Å². The van der Waals surface area contributed by atoms with Gasteiger partial charge in [0.05, 0.1) is 4.92 Å². The van der Waals surface area contributed by atoms with E-state index in [0.29, 0.717) is 22.9 Å². The Labute approximate surface area is 174 Å². The first-order valence-corrected chi connectivity index (χ1v) is 9.65. The van der Waals surface area contributed by atoms with E-state index in [0.717, 1.165) is 10.4 Å². The van der Waals surface area contributed by atoms with Crippen molar-refractivity contribution in [2.24, 2.45) is 0 Å². The van der Waals surface area contributed by atoms with Crippen molar-refractivity contribution in [2.45, 2.75) is 6.42 Å².